The molecule has 2 aromatic carbocycles. The Kier molecular flexibility index (Phi) is 4.13. The van der Waals surface area contributed by atoms with E-state index in [-0.39, 0.29) is 11.8 Å². The largest absolute Gasteiger partial charge is 0.497 e. The number of amides is 2. The molecule has 2 amide bonds. The third-order valence-corrected chi connectivity index (χ3v) is 6.23. The first kappa shape index (κ1) is 18.4. The second kappa shape index (κ2) is 6.73. The first-order valence-corrected chi connectivity index (χ1v) is 9.71. The fourth-order valence-corrected chi connectivity index (χ4v) is 4.93. The monoisotopic (exact) mass is 404 g/mol. The van der Waals surface area contributed by atoms with Crippen molar-refractivity contribution < 1.29 is 23.9 Å². The minimum absolute atomic E-state index is 0.304. The van der Waals surface area contributed by atoms with E-state index in [0.717, 1.165) is 11.1 Å². The summed E-state index contributed by atoms with van der Waals surface area (Å²) in [5.74, 6) is -2.06. The molecule has 4 atom stereocenters. The quantitative estimate of drug-likeness (QED) is 0.578. The van der Waals surface area contributed by atoms with Gasteiger partial charge in [-0.05, 0) is 41.5 Å². The molecular weight excluding hydrogens is 384 g/mol. The van der Waals surface area contributed by atoms with Crippen LogP contribution in [0.4, 0.5) is 5.69 Å². The molecule has 2 aromatic rings. The molecule has 7 nitrogen and oxygen atoms in total. The Morgan fingerprint density at radius 2 is 1.63 bits per heavy atom. The van der Waals surface area contributed by atoms with Gasteiger partial charge in [-0.2, -0.15) is 0 Å². The number of hydrogen-bond acceptors (Lipinski definition) is 6. The third kappa shape index (κ3) is 2.41. The normalized spacial score (nSPS) is 26.3. The van der Waals surface area contributed by atoms with E-state index in [1.807, 2.05) is 35.2 Å². The van der Waals surface area contributed by atoms with Crippen LogP contribution in [0.2, 0.25) is 0 Å². The van der Waals surface area contributed by atoms with E-state index in [0.29, 0.717) is 11.4 Å². The van der Waals surface area contributed by atoms with Gasteiger partial charge in [-0.1, -0.05) is 24.3 Å². The fourth-order valence-electron chi connectivity index (χ4n) is 4.93. The van der Waals surface area contributed by atoms with Crippen molar-refractivity contribution in [3.63, 3.8) is 0 Å². The lowest BCUT2D eigenvalue weighted by molar-refractivity contribution is -0.148. The van der Waals surface area contributed by atoms with Crippen molar-refractivity contribution in [2.24, 2.45) is 11.8 Å². The number of imide groups is 1. The number of rotatable bonds is 3. The highest BCUT2D eigenvalue weighted by atomic mass is 16.5. The van der Waals surface area contributed by atoms with Crippen LogP contribution in [0.5, 0.6) is 5.75 Å². The van der Waals surface area contributed by atoms with E-state index in [9.17, 15) is 14.4 Å². The van der Waals surface area contributed by atoms with Gasteiger partial charge in [0.25, 0.3) is 0 Å². The summed E-state index contributed by atoms with van der Waals surface area (Å²) in [6.07, 6.45) is 3.70. The summed E-state index contributed by atoms with van der Waals surface area (Å²) in [6, 6.07) is 13.2. The highest BCUT2D eigenvalue weighted by molar-refractivity contribution is 6.23. The third-order valence-electron chi connectivity index (χ3n) is 6.23. The van der Waals surface area contributed by atoms with E-state index >= 15 is 0 Å². The number of fused-ring (bicyclic) bond motifs is 5. The SMILES string of the molecule is COC(=O)[C@H]1[C@H]2C(=O)N(c3ccc(OC)cc3)C(=O)[C@H]2[C@@H]2c3ccccc3C=CN12. The van der Waals surface area contributed by atoms with Crippen molar-refractivity contribution in [3.8, 4) is 5.75 Å². The molecule has 0 aromatic heterocycles. The number of nitrogens with zero attached hydrogens (tertiary/aromatic N) is 2. The Balaban J connectivity index is 1.62. The first-order valence-electron chi connectivity index (χ1n) is 9.71. The molecule has 0 saturated carbocycles. The molecule has 152 valence electrons. The molecule has 0 N–H and O–H groups in total. The Hall–Kier alpha value is -3.61. The van der Waals surface area contributed by atoms with E-state index in [1.165, 1.54) is 12.0 Å². The number of ether oxygens (including phenoxy) is 2. The highest BCUT2D eigenvalue weighted by Gasteiger charge is 2.65. The molecule has 0 spiro atoms. The molecule has 7 heteroatoms. The molecule has 2 saturated heterocycles. The van der Waals surface area contributed by atoms with Gasteiger partial charge in [0.1, 0.15) is 11.8 Å². The summed E-state index contributed by atoms with van der Waals surface area (Å²) in [6.45, 7) is 0. The molecule has 0 radical (unpaired) electrons. The number of benzene rings is 2. The molecular formula is C23H20N2O5. The minimum atomic E-state index is -0.852. The van der Waals surface area contributed by atoms with Gasteiger partial charge in [-0.15, -0.1) is 0 Å². The maximum absolute atomic E-state index is 13.5. The van der Waals surface area contributed by atoms with E-state index in [1.54, 1.807) is 37.6 Å². The lowest BCUT2D eigenvalue weighted by atomic mass is 9.84. The molecule has 3 aliphatic heterocycles. The number of esters is 1. The summed E-state index contributed by atoms with van der Waals surface area (Å²) >= 11 is 0. The van der Waals surface area contributed by atoms with Crippen LogP contribution in [0.25, 0.3) is 6.08 Å². The van der Waals surface area contributed by atoms with Crippen LogP contribution in [0.1, 0.15) is 17.2 Å². The fraction of sp³-hybridized carbons (Fsp3) is 0.261. The van der Waals surface area contributed by atoms with Crippen molar-refractivity contribution in [1.82, 2.24) is 4.90 Å². The summed E-state index contributed by atoms with van der Waals surface area (Å²) < 4.78 is 10.2. The molecule has 3 aliphatic rings. The van der Waals surface area contributed by atoms with Crippen LogP contribution in [-0.2, 0) is 19.1 Å². The predicted octanol–water partition coefficient (Wildman–Crippen LogP) is 2.38. The lowest BCUT2D eigenvalue weighted by Gasteiger charge is -2.34. The number of carbonyl (C=O) groups is 3. The second-order valence-corrected chi connectivity index (χ2v) is 7.57. The minimum Gasteiger partial charge on any atom is -0.497 e. The van der Waals surface area contributed by atoms with Gasteiger partial charge in [0.2, 0.25) is 11.8 Å². The van der Waals surface area contributed by atoms with Gasteiger partial charge < -0.3 is 14.4 Å². The zero-order valence-electron chi connectivity index (χ0n) is 16.5. The van der Waals surface area contributed by atoms with Crippen LogP contribution in [0.15, 0.2) is 54.7 Å². The van der Waals surface area contributed by atoms with Gasteiger partial charge in [0, 0.05) is 6.20 Å². The van der Waals surface area contributed by atoms with Gasteiger partial charge in [-0.25, -0.2) is 9.69 Å². The second-order valence-electron chi connectivity index (χ2n) is 7.57. The van der Waals surface area contributed by atoms with Crippen molar-refractivity contribution in [1.29, 1.82) is 0 Å². The van der Waals surface area contributed by atoms with Crippen molar-refractivity contribution in [3.05, 3.63) is 65.9 Å². The maximum Gasteiger partial charge on any atom is 0.329 e. The lowest BCUT2D eigenvalue weighted by Crippen LogP contribution is -2.44. The van der Waals surface area contributed by atoms with Gasteiger partial charge in [-0.3, -0.25) is 9.59 Å². The summed E-state index contributed by atoms with van der Waals surface area (Å²) in [5.41, 5.74) is 2.38. The molecule has 0 aliphatic carbocycles. The van der Waals surface area contributed by atoms with Crippen molar-refractivity contribution in [2.45, 2.75) is 12.1 Å². The molecule has 5 rings (SSSR count). The van der Waals surface area contributed by atoms with E-state index in [2.05, 4.69) is 0 Å². The van der Waals surface area contributed by atoms with Gasteiger partial charge >= 0.3 is 5.97 Å². The topological polar surface area (TPSA) is 76.1 Å². The smallest absolute Gasteiger partial charge is 0.329 e. The van der Waals surface area contributed by atoms with Crippen molar-refractivity contribution >= 4 is 29.5 Å². The average Bonchev–Trinajstić information content (AvgIpc) is 3.26. The average molecular weight is 404 g/mol. The maximum atomic E-state index is 13.5. The van der Waals surface area contributed by atoms with Gasteiger partial charge in [0.05, 0.1) is 37.8 Å². The van der Waals surface area contributed by atoms with E-state index in [4.69, 9.17) is 9.47 Å². The summed E-state index contributed by atoms with van der Waals surface area (Å²) in [5, 5.41) is 0. The first-order chi connectivity index (χ1) is 14.6. The Morgan fingerprint density at radius 1 is 0.933 bits per heavy atom. The highest BCUT2D eigenvalue weighted by Crippen LogP contribution is 2.53. The molecule has 0 bridgehead atoms. The molecule has 0 unspecified atom stereocenters. The number of methoxy groups -OCH3 is 2. The molecule has 3 heterocycles. The zero-order valence-corrected chi connectivity index (χ0v) is 16.5. The number of carbonyl (C=O) groups excluding carboxylic acids is 3. The van der Waals surface area contributed by atoms with Gasteiger partial charge in [0.15, 0.2) is 0 Å². The summed E-state index contributed by atoms with van der Waals surface area (Å²) in [4.78, 5) is 42.7. The Morgan fingerprint density at radius 3 is 2.33 bits per heavy atom. The predicted molar refractivity (Wildman–Crippen MR) is 108 cm³/mol. The number of anilines is 1. The van der Waals surface area contributed by atoms with Crippen LogP contribution in [0.3, 0.4) is 0 Å². The zero-order chi connectivity index (χ0) is 21.0. The Labute approximate surface area is 173 Å². The van der Waals surface area contributed by atoms with E-state index < -0.39 is 29.9 Å². The molecule has 2 fully saturated rings. The summed E-state index contributed by atoms with van der Waals surface area (Å²) in [7, 11) is 2.85. The van der Waals surface area contributed by atoms with Crippen LogP contribution in [-0.4, -0.2) is 42.9 Å². The molecule has 30 heavy (non-hydrogen) atoms. The van der Waals surface area contributed by atoms with Crippen LogP contribution < -0.4 is 9.64 Å². The standard InChI is InChI=1S/C23H20N2O5/c1-29-15-9-7-14(8-10-15)25-21(26)17-18(22(25)27)20(23(28)30-2)24-12-11-13-5-3-4-6-16(13)19(17)24/h3-12,17-20H,1-2H3/t17-,18+,19+,20-/m1/s1. The number of hydrogen-bond donors (Lipinski definition) is 0. The van der Waals surface area contributed by atoms with Crippen LogP contribution in [0, 0.1) is 11.8 Å². The van der Waals surface area contributed by atoms with Crippen LogP contribution >= 0.6 is 0 Å². The Bertz CT molecular complexity index is 1080. The van der Waals surface area contributed by atoms with Crippen molar-refractivity contribution in [2.75, 3.05) is 19.1 Å².